The van der Waals surface area contributed by atoms with E-state index < -0.39 is 22.0 Å². The number of halogens is 1. The topological polar surface area (TPSA) is 84.5 Å². The largest absolute Gasteiger partial charge is 0.383 e. The Hall–Kier alpha value is -1.93. The first-order chi connectivity index (χ1) is 12.4. The Morgan fingerprint density at radius 3 is 2.38 bits per heavy atom. The number of carbonyl (C=O) groups excluding carboxylic acids is 1. The molecular formula is C18H21ClN2O4S. The SMILES string of the molecule is COCCNC(=O)[C@H](Cc1ccccc1)NS(=O)(=O)c1ccc(Cl)cc1. The zero-order valence-corrected chi connectivity index (χ0v) is 15.9. The molecule has 1 amide bonds. The monoisotopic (exact) mass is 396 g/mol. The van der Waals surface area contributed by atoms with E-state index >= 15 is 0 Å². The number of carbonyl (C=O) groups is 1. The van der Waals surface area contributed by atoms with Crippen molar-refractivity contribution >= 4 is 27.5 Å². The molecule has 2 rings (SSSR count). The molecule has 2 N–H and O–H groups in total. The summed E-state index contributed by atoms with van der Waals surface area (Å²) in [7, 11) is -2.35. The van der Waals surface area contributed by atoms with Crippen molar-refractivity contribution < 1.29 is 17.9 Å². The summed E-state index contributed by atoms with van der Waals surface area (Å²) < 4.78 is 32.6. The van der Waals surface area contributed by atoms with Crippen LogP contribution in [0.15, 0.2) is 59.5 Å². The molecule has 2 aromatic carbocycles. The van der Waals surface area contributed by atoms with Gasteiger partial charge in [-0.05, 0) is 36.2 Å². The van der Waals surface area contributed by atoms with Crippen LogP contribution in [-0.2, 0) is 26.0 Å². The van der Waals surface area contributed by atoms with Crippen molar-refractivity contribution in [1.29, 1.82) is 0 Å². The molecule has 140 valence electrons. The van der Waals surface area contributed by atoms with E-state index in [1.807, 2.05) is 30.3 Å². The van der Waals surface area contributed by atoms with E-state index in [-0.39, 0.29) is 11.3 Å². The lowest BCUT2D eigenvalue weighted by Crippen LogP contribution is -2.48. The number of rotatable bonds is 9. The van der Waals surface area contributed by atoms with Gasteiger partial charge in [0.15, 0.2) is 0 Å². The van der Waals surface area contributed by atoms with Gasteiger partial charge in [0, 0.05) is 18.7 Å². The zero-order chi connectivity index (χ0) is 19.0. The van der Waals surface area contributed by atoms with Crippen LogP contribution in [-0.4, -0.2) is 40.6 Å². The van der Waals surface area contributed by atoms with E-state index in [0.717, 1.165) is 5.56 Å². The number of hydrogen-bond acceptors (Lipinski definition) is 4. The number of sulfonamides is 1. The third-order valence-electron chi connectivity index (χ3n) is 3.63. The van der Waals surface area contributed by atoms with E-state index in [4.69, 9.17) is 16.3 Å². The van der Waals surface area contributed by atoms with Crippen LogP contribution in [0.25, 0.3) is 0 Å². The van der Waals surface area contributed by atoms with Crippen molar-refractivity contribution in [3.8, 4) is 0 Å². The lowest BCUT2D eigenvalue weighted by molar-refractivity contribution is -0.122. The maximum absolute atomic E-state index is 12.6. The van der Waals surface area contributed by atoms with Crippen molar-refractivity contribution in [3.05, 3.63) is 65.2 Å². The van der Waals surface area contributed by atoms with Gasteiger partial charge in [0.25, 0.3) is 0 Å². The van der Waals surface area contributed by atoms with E-state index in [0.29, 0.717) is 18.2 Å². The predicted molar refractivity (Wildman–Crippen MR) is 101 cm³/mol. The minimum absolute atomic E-state index is 0.0460. The Kier molecular flexibility index (Phi) is 7.59. The zero-order valence-electron chi connectivity index (χ0n) is 14.3. The molecule has 0 fully saturated rings. The van der Waals surface area contributed by atoms with E-state index in [2.05, 4.69) is 10.0 Å². The third-order valence-corrected chi connectivity index (χ3v) is 5.37. The van der Waals surface area contributed by atoms with Gasteiger partial charge >= 0.3 is 0 Å². The van der Waals surface area contributed by atoms with Gasteiger partial charge in [-0.15, -0.1) is 0 Å². The molecule has 0 radical (unpaired) electrons. The van der Waals surface area contributed by atoms with Gasteiger partial charge in [0.05, 0.1) is 11.5 Å². The maximum atomic E-state index is 12.6. The molecule has 0 aliphatic rings. The average molecular weight is 397 g/mol. The highest BCUT2D eigenvalue weighted by atomic mass is 35.5. The van der Waals surface area contributed by atoms with Crippen LogP contribution < -0.4 is 10.0 Å². The van der Waals surface area contributed by atoms with Crippen molar-refractivity contribution in [1.82, 2.24) is 10.0 Å². The normalized spacial score (nSPS) is 12.5. The summed E-state index contributed by atoms with van der Waals surface area (Å²) in [5.41, 5.74) is 0.846. The molecule has 0 heterocycles. The second-order valence-electron chi connectivity index (χ2n) is 5.60. The summed E-state index contributed by atoms with van der Waals surface area (Å²) in [6, 6.07) is 14.0. The molecule has 0 aliphatic carbocycles. The number of nitrogens with one attached hydrogen (secondary N) is 2. The summed E-state index contributed by atoms with van der Waals surface area (Å²) in [6.07, 6.45) is 0.229. The molecule has 0 spiro atoms. The molecule has 0 aromatic heterocycles. The summed E-state index contributed by atoms with van der Waals surface area (Å²) in [6.45, 7) is 0.636. The molecule has 26 heavy (non-hydrogen) atoms. The fourth-order valence-corrected chi connectivity index (χ4v) is 3.63. The molecule has 0 bridgehead atoms. The molecule has 6 nitrogen and oxygen atoms in total. The first-order valence-electron chi connectivity index (χ1n) is 8.01. The fraction of sp³-hybridized carbons (Fsp3) is 0.278. The summed E-state index contributed by atoms with van der Waals surface area (Å²) in [4.78, 5) is 12.5. The lowest BCUT2D eigenvalue weighted by atomic mass is 10.1. The average Bonchev–Trinajstić information content (AvgIpc) is 2.62. The van der Waals surface area contributed by atoms with Crippen LogP contribution in [0.4, 0.5) is 0 Å². The maximum Gasteiger partial charge on any atom is 0.241 e. The van der Waals surface area contributed by atoms with E-state index in [9.17, 15) is 13.2 Å². The standard InChI is InChI=1S/C18H21ClN2O4S/c1-25-12-11-20-18(22)17(13-14-5-3-2-4-6-14)21-26(23,24)16-9-7-15(19)8-10-16/h2-10,17,21H,11-13H2,1H3,(H,20,22)/t17-/m0/s1. The van der Waals surface area contributed by atoms with Crippen LogP contribution in [0.5, 0.6) is 0 Å². The van der Waals surface area contributed by atoms with Crippen molar-refractivity contribution in [2.45, 2.75) is 17.4 Å². The van der Waals surface area contributed by atoms with Crippen LogP contribution >= 0.6 is 11.6 Å². The summed E-state index contributed by atoms with van der Waals surface area (Å²) in [5.74, 6) is -0.413. The van der Waals surface area contributed by atoms with E-state index in [1.54, 1.807) is 0 Å². The minimum Gasteiger partial charge on any atom is -0.383 e. The predicted octanol–water partition coefficient (Wildman–Crippen LogP) is 1.99. The Labute approximate surface area is 158 Å². The van der Waals surface area contributed by atoms with Crippen LogP contribution in [0.3, 0.4) is 0 Å². The summed E-state index contributed by atoms with van der Waals surface area (Å²) in [5, 5.41) is 3.11. The second-order valence-corrected chi connectivity index (χ2v) is 7.75. The van der Waals surface area contributed by atoms with Crippen LogP contribution in [0, 0.1) is 0 Å². The number of methoxy groups -OCH3 is 1. The quantitative estimate of drug-likeness (QED) is 0.635. The molecule has 8 heteroatoms. The third kappa shape index (κ3) is 6.10. The first kappa shape index (κ1) is 20.4. The van der Waals surface area contributed by atoms with Gasteiger partial charge < -0.3 is 10.1 Å². The minimum atomic E-state index is -3.87. The van der Waals surface area contributed by atoms with Gasteiger partial charge in [0.1, 0.15) is 6.04 Å². The van der Waals surface area contributed by atoms with Gasteiger partial charge in [-0.1, -0.05) is 41.9 Å². The Morgan fingerprint density at radius 1 is 1.12 bits per heavy atom. The van der Waals surface area contributed by atoms with Gasteiger partial charge in [-0.3, -0.25) is 4.79 Å². The van der Waals surface area contributed by atoms with Crippen molar-refractivity contribution in [3.63, 3.8) is 0 Å². The Bertz CT molecular complexity index is 811. The fourth-order valence-electron chi connectivity index (χ4n) is 2.31. The molecular weight excluding hydrogens is 376 g/mol. The second kappa shape index (κ2) is 9.68. The number of ether oxygens (including phenoxy) is 1. The van der Waals surface area contributed by atoms with Gasteiger partial charge in [0.2, 0.25) is 15.9 Å². The van der Waals surface area contributed by atoms with Crippen molar-refractivity contribution in [2.24, 2.45) is 0 Å². The molecule has 2 aromatic rings. The Morgan fingerprint density at radius 2 is 1.77 bits per heavy atom. The molecule has 1 atom stereocenters. The highest BCUT2D eigenvalue weighted by Gasteiger charge is 2.25. The Balaban J connectivity index is 2.19. The summed E-state index contributed by atoms with van der Waals surface area (Å²) >= 11 is 5.81. The number of hydrogen-bond donors (Lipinski definition) is 2. The molecule has 0 aliphatic heterocycles. The van der Waals surface area contributed by atoms with Crippen molar-refractivity contribution in [2.75, 3.05) is 20.3 Å². The highest BCUT2D eigenvalue weighted by Crippen LogP contribution is 2.15. The van der Waals surface area contributed by atoms with Gasteiger partial charge in [-0.25, -0.2) is 8.42 Å². The van der Waals surface area contributed by atoms with E-state index in [1.165, 1.54) is 31.4 Å². The van der Waals surface area contributed by atoms with Gasteiger partial charge in [-0.2, -0.15) is 4.72 Å². The van der Waals surface area contributed by atoms with Crippen LogP contribution in [0.1, 0.15) is 5.56 Å². The number of benzene rings is 2. The first-order valence-corrected chi connectivity index (χ1v) is 9.87. The molecule has 0 unspecified atom stereocenters. The molecule has 0 saturated heterocycles. The molecule has 0 saturated carbocycles. The lowest BCUT2D eigenvalue weighted by Gasteiger charge is -2.19. The number of amides is 1. The highest BCUT2D eigenvalue weighted by molar-refractivity contribution is 7.89. The van der Waals surface area contributed by atoms with Crippen LogP contribution in [0.2, 0.25) is 5.02 Å². The smallest absolute Gasteiger partial charge is 0.241 e.